The lowest BCUT2D eigenvalue weighted by Gasteiger charge is -2.37. The van der Waals surface area contributed by atoms with E-state index in [2.05, 4.69) is 4.90 Å². The standard InChI is InChI=1S/C27H29Cl2N3O3S/c1-15(2)23-22(26(33)34)24(16-9-6-7-12-20(16)35-5)32-19(13-14-31(3)4)25(36-27(32)30-23)21-17(28)10-8-11-18(21)29/h6-12,15,24H,13-14H2,1-5H3,(H,33,34). The van der Waals surface area contributed by atoms with Gasteiger partial charge in [0, 0.05) is 34.7 Å². The first-order valence-electron chi connectivity index (χ1n) is 11.6. The largest absolute Gasteiger partial charge is 0.496 e. The van der Waals surface area contributed by atoms with E-state index in [-0.39, 0.29) is 11.5 Å². The zero-order valence-electron chi connectivity index (χ0n) is 20.9. The lowest BCUT2D eigenvalue weighted by molar-refractivity contribution is -0.133. The Morgan fingerprint density at radius 3 is 2.42 bits per heavy atom. The third-order valence-electron chi connectivity index (χ3n) is 6.17. The molecule has 0 spiro atoms. The predicted molar refractivity (Wildman–Crippen MR) is 149 cm³/mol. The van der Waals surface area contributed by atoms with Gasteiger partial charge in [-0.25, -0.2) is 9.79 Å². The predicted octanol–water partition coefficient (Wildman–Crippen LogP) is 6.78. The number of nitrogens with zero attached hydrogens (tertiary/aromatic N) is 3. The lowest BCUT2D eigenvalue weighted by Crippen LogP contribution is -2.38. The van der Waals surface area contributed by atoms with Crippen LogP contribution in [0.4, 0.5) is 0 Å². The number of benzene rings is 2. The molecule has 4 rings (SSSR count). The van der Waals surface area contributed by atoms with Gasteiger partial charge in [-0.2, -0.15) is 0 Å². The van der Waals surface area contributed by atoms with Gasteiger partial charge in [0.15, 0.2) is 5.17 Å². The molecule has 2 aromatic carbocycles. The molecule has 9 heteroatoms. The van der Waals surface area contributed by atoms with Crippen LogP contribution in [-0.2, 0) is 4.79 Å². The van der Waals surface area contributed by atoms with Crippen molar-refractivity contribution in [1.82, 2.24) is 9.80 Å². The number of thioether (sulfide) groups is 1. The molecule has 190 valence electrons. The number of para-hydroxylation sites is 1. The number of fused-ring (bicyclic) bond motifs is 1. The maximum atomic E-state index is 12.8. The number of carboxylic acids is 1. The molecule has 0 aromatic heterocycles. The normalized spacial score (nSPS) is 17.8. The van der Waals surface area contributed by atoms with Gasteiger partial charge >= 0.3 is 5.97 Å². The van der Waals surface area contributed by atoms with Crippen molar-refractivity contribution in [2.75, 3.05) is 27.7 Å². The smallest absolute Gasteiger partial charge is 0.335 e. The summed E-state index contributed by atoms with van der Waals surface area (Å²) in [5.74, 6) is -0.480. The first kappa shape index (κ1) is 26.6. The summed E-state index contributed by atoms with van der Waals surface area (Å²) in [5, 5.41) is 12.3. The summed E-state index contributed by atoms with van der Waals surface area (Å²) in [6.45, 7) is 4.67. The van der Waals surface area contributed by atoms with Gasteiger partial charge in [0.05, 0.1) is 34.5 Å². The molecular formula is C27H29Cl2N3O3S. The topological polar surface area (TPSA) is 65.4 Å². The molecule has 1 unspecified atom stereocenters. The molecule has 0 bridgehead atoms. The van der Waals surface area contributed by atoms with Gasteiger partial charge < -0.3 is 19.6 Å². The zero-order chi connectivity index (χ0) is 26.1. The molecule has 1 atom stereocenters. The number of methoxy groups -OCH3 is 1. The maximum Gasteiger partial charge on any atom is 0.335 e. The molecule has 0 saturated carbocycles. The SMILES string of the molecule is COc1ccccc1C1C(C(=O)O)=C(C(C)C)N=C2SC(c3c(Cl)cccc3Cl)=C(CCN(C)C)N21. The number of ether oxygens (including phenoxy) is 1. The van der Waals surface area contributed by atoms with Gasteiger partial charge in [0.1, 0.15) is 5.75 Å². The van der Waals surface area contributed by atoms with Crippen LogP contribution in [0.15, 0.2) is 64.4 Å². The Kier molecular flexibility index (Phi) is 8.05. The number of aliphatic carboxylic acids is 1. The van der Waals surface area contributed by atoms with Gasteiger partial charge in [0.25, 0.3) is 0 Å². The minimum atomic E-state index is -1.00. The number of rotatable bonds is 8. The molecule has 1 N–H and O–H groups in total. The summed E-state index contributed by atoms with van der Waals surface area (Å²) in [4.78, 5) is 22.7. The van der Waals surface area contributed by atoms with Crippen molar-refractivity contribution >= 4 is 51.0 Å². The van der Waals surface area contributed by atoms with Crippen molar-refractivity contribution in [2.45, 2.75) is 26.3 Å². The quantitative estimate of drug-likeness (QED) is 0.394. The average Bonchev–Trinajstić information content (AvgIpc) is 3.18. The van der Waals surface area contributed by atoms with Crippen molar-refractivity contribution in [2.24, 2.45) is 10.9 Å². The molecule has 0 saturated heterocycles. The van der Waals surface area contributed by atoms with E-state index < -0.39 is 12.0 Å². The highest BCUT2D eigenvalue weighted by molar-refractivity contribution is 8.22. The Bertz CT molecular complexity index is 1270. The molecule has 36 heavy (non-hydrogen) atoms. The fraction of sp³-hybridized carbons (Fsp3) is 0.333. The minimum Gasteiger partial charge on any atom is -0.496 e. The van der Waals surface area contributed by atoms with Crippen LogP contribution in [0.2, 0.25) is 10.0 Å². The summed E-state index contributed by atoms with van der Waals surface area (Å²) >= 11 is 14.8. The monoisotopic (exact) mass is 545 g/mol. The second-order valence-corrected chi connectivity index (χ2v) is 11.0. The van der Waals surface area contributed by atoms with Crippen LogP contribution in [0.5, 0.6) is 5.75 Å². The van der Waals surface area contributed by atoms with E-state index in [1.165, 1.54) is 11.8 Å². The summed E-state index contributed by atoms with van der Waals surface area (Å²) in [6.07, 6.45) is 0.644. The zero-order valence-corrected chi connectivity index (χ0v) is 23.2. The van der Waals surface area contributed by atoms with E-state index in [1.807, 2.05) is 75.3 Å². The van der Waals surface area contributed by atoms with Crippen molar-refractivity contribution in [3.63, 3.8) is 0 Å². The number of carbonyl (C=O) groups is 1. The molecule has 2 aliphatic heterocycles. The fourth-order valence-electron chi connectivity index (χ4n) is 4.53. The summed E-state index contributed by atoms with van der Waals surface area (Å²) in [5.41, 5.74) is 3.22. The van der Waals surface area contributed by atoms with E-state index in [4.69, 9.17) is 32.9 Å². The first-order valence-corrected chi connectivity index (χ1v) is 13.2. The Labute approximate surface area is 226 Å². The number of hydrogen-bond acceptors (Lipinski definition) is 6. The second-order valence-electron chi connectivity index (χ2n) is 9.20. The van der Waals surface area contributed by atoms with Gasteiger partial charge in [-0.15, -0.1) is 0 Å². The average molecular weight is 547 g/mol. The Morgan fingerprint density at radius 1 is 1.17 bits per heavy atom. The van der Waals surface area contributed by atoms with Crippen LogP contribution >= 0.6 is 35.0 Å². The Balaban J connectivity index is 2.03. The highest BCUT2D eigenvalue weighted by atomic mass is 35.5. The molecule has 0 amide bonds. The second kappa shape index (κ2) is 10.9. The molecular weight excluding hydrogens is 517 g/mol. The molecule has 2 aromatic rings. The van der Waals surface area contributed by atoms with Crippen LogP contribution in [0.3, 0.4) is 0 Å². The lowest BCUT2D eigenvalue weighted by atomic mass is 9.89. The molecule has 0 radical (unpaired) electrons. The third kappa shape index (κ3) is 4.90. The number of aliphatic imine (C=N–C) groups is 1. The molecule has 0 aliphatic carbocycles. The number of carboxylic acid groups (broad SMARTS) is 1. The number of hydrogen-bond donors (Lipinski definition) is 1. The van der Waals surface area contributed by atoms with Crippen LogP contribution in [0.25, 0.3) is 4.91 Å². The number of halogens is 2. The van der Waals surface area contributed by atoms with Crippen LogP contribution in [0, 0.1) is 5.92 Å². The highest BCUT2D eigenvalue weighted by Crippen LogP contribution is 2.54. The summed E-state index contributed by atoms with van der Waals surface area (Å²) in [7, 11) is 5.61. The van der Waals surface area contributed by atoms with Crippen LogP contribution < -0.4 is 4.74 Å². The van der Waals surface area contributed by atoms with Crippen LogP contribution in [0.1, 0.15) is 37.4 Å². The van der Waals surface area contributed by atoms with Crippen molar-refractivity contribution in [1.29, 1.82) is 0 Å². The fourth-order valence-corrected chi connectivity index (χ4v) is 6.51. The van der Waals surface area contributed by atoms with Crippen molar-refractivity contribution < 1.29 is 14.6 Å². The number of amidine groups is 1. The Hall–Kier alpha value is -2.45. The van der Waals surface area contributed by atoms with Gasteiger partial charge in [-0.1, -0.05) is 61.3 Å². The minimum absolute atomic E-state index is 0.0956. The van der Waals surface area contributed by atoms with E-state index in [9.17, 15) is 9.90 Å². The van der Waals surface area contributed by atoms with Crippen molar-refractivity contribution in [3.8, 4) is 5.75 Å². The van der Waals surface area contributed by atoms with E-state index >= 15 is 0 Å². The Morgan fingerprint density at radius 2 is 1.83 bits per heavy atom. The third-order valence-corrected chi connectivity index (χ3v) is 7.92. The molecule has 6 nitrogen and oxygen atoms in total. The number of allylic oxidation sites excluding steroid dienone is 1. The van der Waals surface area contributed by atoms with E-state index in [0.29, 0.717) is 33.1 Å². The highest BCUT2D eigenvalue weighted by Gasteiger charge is 2.45. The van der Waals surface area contributed by atoms with Crippen molar-refractivity contribution in [3.05, 3.63) is 80.6 Å². The van der Waals surface area contributed by atoms with Crippen LogP contribution in [-0.4, -0.2) is 53.8 Å². The first-order chi connectivity index (χ1) is 17.1. The van der Waals surface area contributed by atoms with E-state index in [1.54, 1.807) is 7.11 Å². The molecule has 0 fully saturated rings. The molecule has 2 aliphatic rings. The summed E-state index contributed by atoms with van der Waals surface area (Å²) < 4.78 is 5.70. The molecule has 2 heterocycles. The van der Waals surface area contributed by atoms with E-state index in [0.717, 1.165) is 28.3 Å². The van der Waals surface area contributed by atoms with Gasteiger partial charge in [-0.3, -0.25) is 0 Å². The maximum absolute atomic E-state index is 12.8. The van der Waals surface area contributed by atoms with Gasteiger partial charge in [0.2, 0.25) is 0 Å². The van der Waals surface area contributed by atoms with Gasteiger partial charge in [-0.05, 0) is 50.0 Å². The summed E-state index contributed by atoms with van der Waals surface area (Å²) in [6, 6.07) is 12.4.